The maximum absolute atomic E-state index is 13.4. The number of aromatic nitrogens is 2. The van der Waals surface area contributed by atoms with E-state index in [2.05, 4.69) is 9.97 Å². The first-order chi connectivity index (χ1) is 7.98. The largest absolute Gasteiger partial charge is 0.451 e. The molecule has 1 aromatic heterocycles. The highest BCUT2D eigenvalue weighted by Gasteiger charge is 2.34. The van der Waals surface area contributed by atoms with Gasteiger partial charge >= 0.3 is 6.18 Å². The molecule has 0 amide bonds. The van der Waals surface area contributed by atoms with Gasteiger partial charge in [0.15, 0.2) is 0 Å². The standard InChI is InChI=1S/C11H6F4N2/c12-8-4-2-1-3-7(8)9-5-6-16-10(17-9)11(13,14)15/h1-6H. The third-order valence-corrected chi connectivity index (χ3v) is 2.06. The van der Waals surface area contributed by atoms with Crippen molar-refractivity contribution in [2.75, 3.05) is 0 Å². The topological polar surface area (TPSA) is 25.8 Å². The summed E-state index contributed by atoms with van der Waals surface area (Å²) in [5, 5.41) is 0. The molecule has 6 heteroatoms. The number of alkyl halides is 3. The van der Waals surface area contributed by atoms with Gasteiger partial charge in [-0.25, -0.2) is 14.4 Å². The molecule has 2 aromatic rings. The summed E-state index contributed by atoms with van der Waals surface area (Å²) in [6.07, 6.45) is -3.68. The molecular weight excluding hydrogens is 236 g/mol. The van der Waals surface area contributed by atoms with E-state index in [4.69, 9.17) is 0 Å². The lowest BCUT2D eigenvalue weighted by Gasteiger charge is -2.07. The smallest absolute Gasteiger partial charge is 0.233 e. The van der Waals surface area contributed by atoms with Crippen molar-refractivity contribution in [3.05, 3.63) is 48.2 Å². The van der Waals surface area contributed by atoms with Crippen LogP contribution >= 0.6 is 0 Å². The first-order valence-corrected chi connectivity index (χ1v) is 4.63. The molecule has 0 spiro atoms. The molecule has 0 fully saturated rings. The minimum atomic E-state index is -4.64. The molecule has 2 rings (SSSR count). The van der Waals surface area contributed by atoms with Gasteiger partial charge in [-0.3, -0.25) is 0 Å². The number of hydrogen-bond acceptors (Lipinski definition) is 2. The SMILES string of the molecule is Fc1ccccc1-c1ccnc(C(F)(F)F)n1. The average molecular weight is 242 g/mol. The van der Waals surface area contributed by atoms with Gasteiger partial charge in [0.1, 0.15) is 5.82 Å². The Morgan fingerprint density at radius 3 is 2.35 bits per heavy atom. The molecule has 0 saturated carbocycles. The van der Waals surface area contributed by atoms with E-state index in [1.807, 2.05) is 0 Å². The fourth-order valence-corrected chi connectivity index (χ4v) is 1.31. The average Bonchev–Trinajstić information content (AvgIpc) is 2.29. The van der Waals surface area contributed by atoms with E-state index >= 15 is 0 Å². The summed E-state index contributed by atoms with van der Waals surface area (Å²) in [4.78, 5) is 6.41. The van der Waals surface area contributed by atoms with Crippen LogP contribution in [0.25, 0.3) is 11.3 Å². The molecule has 0 aliphatic heterocycles. The molecule has 1 heterocycles. The van der Waals surface area contributed by atoms with Crippen LogP contribution in [-0.4, -0.2) is 9.97 Å². The molecule has 0 radical (unpaired) electrons. The van der Waals surface area contributed by atoms with Crippen molar-refractivity contribution in [2.24, 2.45) is 0 Å². The minimum absolute atomic E-state index is 0.0143. The number of nitrogens with zero attached hydrogens (tertiary/aromatic N) is 2. The first-order valence-electron chi connectivity index (χ1n) is 4.63. The lowest BCUT2D eigenvalue weighted by molar-refractivity contribution is -0.144. The molecule has 0 atom stereocenters. The molecule has 1 aromatic carbocycles. The summed E-state index contributed by atoms with van der Waals surface area (Å²) in [6, 6.07) is 6.72. The van der Waals surface area contributed by atoms with Crippen LogP contribution in [0.4, 0.5) is 17.6 Å². The summed E-state index contributed by atoms with van der Waals surface area (Å²) in [5.41, 5.74) is -0.0779. The number of halogens is 4. The second kappa shape index (κ2) is 4.12. The highest BCUT2D eigenvalue weighted by molar-refractivity contribution is 5.59. The van der Waals surface area contributed by atoms with Crippen LogP contribution in [-0.2, 0) is 6.18 Å². The Hall–Kier alpha value is -1.98. The van der Waals surface area contributed by atoms with Gasteiger partial charge in [-0.15, -0.1) is 0 Å². The zero-order valence-electron chi connectivity index (χ0n) is 8.37. The van der Waals surface area contributed by atoms with Crippen LogP contribution in [0.15, 0.2) is 36.5 Å². The number of benzene rings is 1. The molecule has 17 heavy (non-hydrogen) atoms. The highest BCUT2D eigenvalue weighted by atomic mass is 19.4. The molecule has 0 unspecified atom stereocenters. The van der Waals surface area contributed by atoms with E-state index in [-0.39, 0.29) is 11.3 Å². The Balaban J connectivity index is 2.51. The molecule has 0 aliphatic carbocycles. The molecule has 2 nitrogen and oxygen atoms in total. The van der Waals surface area contributed by atoms with Crippen LogP contribution in [0, 0.1) is 5.82 Å². The monoisotopic (exact) mass is 242 g/mol. The van der Waals surface area contributed by atoms with Gasteiger partial charge in [0, 0.05) is 11.8 Å². The summed E-state index contributed by atoms with van der Waals surface area (Å²) in [7, 11) is 0. The second-order valence-electron chi connectivity index (χ2n) is 3.24. The van der Waals surface area contributed by atoms with Crippen molar-refractivity contribution in [2.45, 2.75) is 6.18 Å². The van der Waals surface area contributed by atoms with Gasteiger partial charge in [-0.2, -0.15) is 13.2 Å². The molecule has 0 saturated heterocycles. The van der Waals surface area contributed by atoms with Crippen molar-refractivity contribution in [3.8, 4) is 11.3 Å². The Kier molecular flexibility index (Phi) is 2.79. The number of hydrogen-bond donors (Lipinski definition) is 0. The van der Waals surface area contributed by atoms with Gasteiger partial charge in [-0.1, -0.05) is 12.1 Å². The Morgan fingerprint density at radius 1 is 1.00 bits per heavy atom. The molecule has 0 bridgehead atoms. The van der Waals surface area contributed by atoms with E-state index in [1.165, 1.54) is 24.3 Å². The lowest BCUT2D eigenvalue weighted by atomic mass is 10.1. The highest BCUT2D eigenvalue weighted by Crippen LogP contribution is 2.28. The fourth-order valence-electron chi connectivity index (χ4n) is 1.31. The lowest BCUT2D eigenvalue weighted by Crippen LogP contribution is -2.11. The molecule has 0 N–H and O–H groups in total. The normalized spacial score (nSPS) is 11.5. The second-order valence-corrected chi connectivity index (χ2v) is 3.24. The van der Waals surface area contributed by atoms with Crippen LogP contribution in [0.5, 0.6) is 0 Å². The summed E-state index contributed by atoms with van der Waals surface area (Å²) in [6.45, 7) is 0. The molecular formula is C11H6F4N2. The van der Waals surface area contributed by atoms with E-state index < -0.39 is 17.8 Å². The van der Waals surface area contributed by atoms with Crippen molar-refractivity contribution in [1.82, 2.24) is 9.97 Å². The van der Waals surface area contributed by atoms with Gasteiger partial charge in [0.05, 0.1) is 5.69 Å². The van der Waals surface area contributed by atoms with Gasteiger partial charge in [0.25, 0.3) is 0 Å². The Labute approximate surface area is 94.0 Å². The summed E-state index contributed by atoms with van der Waals surface area (Å²) >= 11 is 0. The van der Waals surface area contributed by atoms with E-state index in [0.29, 0.717) is 0 Å². The zero-order valence-corrected chi connectivity index (χ0v) is 8.37. The quantitative estimate of drug-likeness (QED) is 0.717. The molecule has 88 valence electrons. The van der Waals surface area contributed by atoms with Crippen molar-refractivity contribution < 1.29 is 17.6 Å². The zero-order chi connectivity index (χ0) is 12.5. The van der Waals surface area contributed by atoms with Gasteiger partial charge < -0.3 is 0 Å². The van der Waals surface area contributed by atoms with E-state index in [0.717, 1.165) is 12.3 Å². The predicted molar refractivity (Wildman–Crippen MR) is 52.4 cm³/mol. The molecule has 0 aliphatic rings. The summed E-state index contributed by atoms with van der Waals surface area (Å²) in [5.74, 6) is -1.91. The third kappa shape index (κ3) is 2.41. The van der Waals surface area contributed by atoms with Crippen LogP contribution in [0.3, 0.4) is 0 Å². The maximum atomic E-state index is 13.4. The minimum Gasteiger partial charge on any atom is -0.233 e. The third-order valence-electron chi connectivity index (χ3n) is 2.06. The number of rotatable bonds is 1. The van der Waals surface area contributed by atoms with Gasteiger partial charge in [0.2, 0.25) is 5.82 Å². The Bertz CT molecular complexity index is 537. The summed E-state index contributed by atoms with van der Waals surface area (Å²) < 4.78 is 50.5. The fraction of sp³-hybridized carbons (Fsp3) is 0.0909. The van der Waals surface area contributed by atoms with E-state index in [1.54, 1.807) is 0 Å². The van der Waals surface area contributed by atoms with E-state index in [9.17, 15) is 17.6 Å². The van der Waals surface area contributed by atoms with Crippen LogP contribution in [0.1, 0.15) is 5.82 Å². The van der Waals surface area contributed by atoms with Crippen molar-refractivity contribution in [1.29, 1.82) is 0 Å². The van der Waals surface area contributed by atoms with Crippen molar-refractivity contribution >= 4 is 0 Å². The van der Waals surface area contributed by atoms with Crippen LogP contribution in [0.2, 0.25) is 0 Å². The predicted octanol–water partition coefficient (Wildman–Crippen LogP) is 3.30. The van der Waals surface area contributed by atoms with Crippen LogP contribution < -0.4 is 0 Å². The Morgan fingerprint density at radius 2 is 1.71 bits per heavy atom. The maximum Gasteiger partial charge on any atom is 0.451 e. The van der Waals surface area contributed by atoms with Crippen molar-refractivity contribution in [3.63, 3.8) is 0 Å². The van der Waals surface area contributed by atoms with Gasteiger partial charge in [-0.05, 0) is 18.2 Å². The first kappa shape index (κ1) is 11.5.